The van der Waals surface area contributed by atoms with E-state index in [9.17, 15) is 9.59 Å². The molecule has 0 aromatic rings. The van der Waals surface area contributed by atoms with Gasteiger partial charge in [0.05, 0.1) is 0 Å². The molecule has 0 saturated carbocycles. The lowest BCUT2D eigenvalue weighted by molar-refractivity contribution is -0.144. The number of carbonyl (C=O) groups excluding carboxylic acids is 2. The number of carbonyl (C=O) groups is 2. The second kappa shape index (κ2) is 7.92. The van der Waals surface area contributed by atoms with Crippen molar-refractivity contribution in [2.24, 2.45) is 11.5 Å². The molecule has 0 radical (unpaired) electrons. The molecule has 88 valence electrons. The third-order valence-corrected chi connectivity index (χ3v) is 0.960. The topological polar surface area (TPSA) is 136 Å². The summed E-state index contributed by atoms with van der Waals surface area (Å²) in [6.07, 6.45) is 0.426. The van der Waals surface area contributed by atoms with Gasteiger partial charge in [-0.15, -0.1) is 0 Å². The molecule has 0 fully saturated rings. The van der Waals surface area contributed by atoms with Crippen molar-refractivity contribution in [3.63, 3.8) is 0 Å². The smallest absolute Gasteiger partial charge is 0.332 e. The minimum atomic E-state index is -0.711. The van der Waals surface area contributed by atoms with E-state index in [2.05, 4.69) is 9.47 Å². The Morgan fingerprint density at radius 1 is 1.00 bits per heavy atom. The lowest BCUT2D eigenvalue weighted by Crippen LogP contribution is -2.23. The molecule has 0 aliphatic rings. The molecule has 15 heavy (non-hydrogen) atoms. The van der Waals surface area contributed by atoms with E-state index >= 15 is 0 Å². The first-order chi connectivity index (χ1) is 6.41. The molecule has 0 heterocycles. The van der Waals surface area contributed by atoms with Crippen molar-refractivity contribution in [2.45, 2.75) is 26.3 Å². The van der Waals surface area contributed by atoms with Crippen LogP contribution in [0.5, 0.6) is 0 Å². The summed E-state index contributed by atoms with van der Waals surface area (Å²) in [6.45, 7) is 2.98. The van der Waals surface area contributed by atoms with E-state index in [1.807, 2.05) is 0 Å². The SMILES string of the molecule is CC(N)OC(=O)/C=C\C(=O)OC(C)N.O. The molecule has 0 aromatic heterocycles. The van der Waals surface area contributed by atoms with Gasteiger partial charge < -0.3 is 14.9 Å². The average Bonchev–Trinajstić information content (AvgIpc) is 1.98. The molecule has 0 aliphatic heterocycles. The maximum Gasteiger partial charge on any atom is 0.332 e. The predicted octanol–water partition coefficient (Wildman–Crippen LogP) is -1.59. The van der Waals surface area contributed by atoms with Crippen molar-refractivity contribution >= 4 is 11.9 Å². The van der Waals surface area contributed by atoms with Gasteiger partial charge in [0.15, 0.2) is 0 Å². The summed E-state index contributed by atoms with van der Waals surface area (Å²) in [5.74, 6) is -1.41. The second-order valence-corrected chi connectivity index (χ2v) is 2.62. The third kappa shape index (κ3) is 10.5. The standard InChI is InChI=1S/C8H14N2O4.H2O/c1-5(9)13-7(11)3-4-8(12)14-6(2)10;/h3-6H,9-10H2,1-2H3;1H2/b4-3-;. The second-order valence-electron chi connectivity index (χ2n) is 2.62. The Kier molecular flexibility index (Phi) is 8.45. The van der Waals surface area contributed by atoms with Crippen LogP contribution in [-0.2, 0) is 19.1 Å². The normalized spacial score (nSPS) is 13.9. The Hall–Kier alpha value is -1.44. The first kappa shape index (κ1) is 16.0. The molecule has 0 aliphatic carbocycles. The molecule has 2 atom stereocenters. The number of esters is 2. The Morgan fingerprint density at radius 2 is 1.27 bits per heavy atom. The molecule has 6 N–H and O–H groups in total. The Labute approximate surface area is 87.3 Å². The highest BCUT2D eigenvalue weighted by atomic mass is 16.6. The lowest BCUT2D eigenvalue weighted by Gasteiger charge is -2.05. The molecule has 2 unspecified atom stereocenters. The zero-order valence-electron chi connectivity index (χ0n) is 8.60. The van der Waals surface area contributed by atoms with Crippen LogP contribution < -0.4 is 11.5 Å². The molecular formula is C8H16N2O5. The molecule has 0 rings (SSSR count). The summed E-state index contributed by atoms with van der Waals surface area (Å²) >= 11 is 0. The first-order valence-corrected chi connectivity index (χ1v) is 4.02. The van der Waals surface area contributed by atoms with Gasteiger partial charge in [-0.2, -0.15) is 0 Å². The number of ether oxygens (including phenoxy) is 2. The Morgan fingerprint density at radius 3 is 1.47 bits per heavy atom. The molecule has 7 heteroatoms. The Bertz CT molecular complexity index is 213. The van der Waals surface area contributed by atoms with Crippen LogP contribution in [0.3, 0.4) is 0 Å². The van der Waals surface area contributed by atoms with Crippen molar-refractivity contribution in [1.82, 2.24) is 0 Å². The fourth-order valence-corrected chi connectivity index (χ4v) is 0.581. The van der Waals surface area contributed by atoms with Crippen molar-refractivity contribution < 1.29 is 24.5 Å². The van der Waals surface area contributed by atoms with Crippen LogP contribution in [0, 0.1) is 0 Å². The summed E-state index contributed by atoms with van der Waals surface area (Å²) < 4.78 is 9.04. The Balaban J connectivity index is 0. The molecule has 7 nitrogen and oxygen atoms in total. The molecule has 0 saturated heterocycles. The maximum atomic E-state index is 10.8. The van der Waals surface area contributed by atoms with E-state index < -0.39 is 24.4 Å². The number of nitrogens with two attached hydrogens (primary N) is 2. The van der Waals surface area contributed by atoms with Gasteiger partial charge >= 0.3 is 11.9 Å². The third-order valence-electron chi connectivity index (χ3n) is 0.960. The van der Waals surface area contributed by atoms with Crippen LogP contribution >= 0.6 is 0 Å². The van der Waals surface area contributed by atoms with Crippen molar-refractivity contribution in [2.75, 3.05) is 0 Å². The fraction of sp³-hybridized carbons (Fsp3) is 0.500. The van der Waals surface area contributed by atoms with Gasteiger partial charge in [-0.1, -0.05) is 0 Å². The van der Waals surface area contributed by atoms with Crippen LogP contribution in [0.25, 0.3) is 0 Å². The molecule has 0 amide bonds. The van der Waals surface area contributed by atoms with Crippen molar-refractivity contribution in [1.29, 1.82) is 0 Å². The van der Waals surface area contributed by atoms with Crippen molar-refractivity contribution in [3.8, 4) is 0 Å². The highest BCUT2D eigenvalue weighted by molar-refractivity contribution is 5.91. The van der Waals surface area contributed by atoms with E-state index in [0.717, 1.165) is 12.2 Å². The maximum absolute atomic E-state index is 10.8. The highest BCUT2D eigenvalue weighted by Gasteiger charge is 2.04. The summed E-state index contributed by atoms with van der Waals surface area (Å²) in [7, 11) is 0. The molecule has 0 aromatic carbocycles. The van der Waals surface area contributed by atoms with Gasteiger partial charge in [0.25, 0.3) is 0 Å². The summed E-state index contributed by atoms with van der Waals surface area (Å²) in [5, 5.41) is 0. The summed E-state index contributed by atoms with van der Waals surface area (Å²) in [5.41, 5.74) is 10.3. The van der Waals surface area contributed by atoms with E-state index in [1.54, 1.807) is 0 Å². The van der Waals surface area contributed by atoms with Crippen LogP contribution in [0.1, 0.15) is 13.8 Å². The minimum absolute atomic E-state index is 0. The van der Waals surface area contributed by atoms with Crippen LogP contribution in [0.4, 0.5) is 0 Å². The van der Waals surface area contributed by atoms with Gasteiger partial charge in [-0.05, 0) is 13.8 Å². The van der Waals surface area contributed by atoms with E-state index in [4.69, 9.17) is 11.5 Å². The van der Waals surface area contributed by atoms with E-state index in [-0.39, 0.29) is 5.48 Å². The van der Waals surface area contributed by atoms with Crippen LogP contribution in [0.15, 0.2) is 12.2 Å². The number of hydrogen-bond donors (Lipinski definition) is 2. The van der Waals surface area contributed by atoms with Gasteiger partial charge in [-0.3, -0.25) is 11.5 Å². The largest absolute Gasteiger partial charge is 0.444 e. The van der Waals surface area contributed by atoms with Gasteiger partial charge in [0.1, 0.15) is 12.5 Å². The predicted molar refractivity (Wildman–Crippen MR) is 52.2 cm³/mol. The number of rotatable bonds is 4. The minimum Gasteiger partial charge on any atom is -0.444 e. The lowest BCUT2D eigenvalue weighted by atomic mass is 10.5. The van der Waals surface area contributed by atoms with Crippen LogP contribution in [-0.4, -0.2) is 29.9 Å². The van der Waals surface area contributed by atoms with E-state index in [0.29, 0.717) is 0 Å². The fourth-order valence-electron chi connectivity index (χ4n) is 0.581. The summed E-state index contributed by atoms with van der Waals surface area (Å²) in [6, 6.07) is 0. The zero-order chi connectivity index (χ0) is 11.1. The van der Waals surface area contributed by atoms with Crippen molar-refractivity contribution in [3.05, 3.63) is 12.2 Å². The zero-order valence-corrected chi connectivity index (χ0v) is 8.60. The quantitative estimate of drug-likeness (QED) is 0.333. The highest BCUT2D eigenvalue weighted by Crippen LogP contribution is 1.89. The van der Waals surface area contributed by atoms with Crippen LogP contribution in [0.2, 0.25) is 0 Å². The molecular weight excluding hydrogens is 204 g/mol. The molecule has 0 spiro atoms. The van der Waals surface area contributed by atoms with Gasteiger partial charge in [0.2, 0.25) is 0 Å². The molecule has 0 bridgehead atoms. The van der Waals surface area contributed by atoms with Gasteiger partial charge in [-0.25, -0.2) is 9.59 Å². The van der Waals surface area contributed by atoms with Gasteiger partial charge in [0, 0.05) is 12.2 Å². The monoisotopic (exact) mass is 220 g/mol. The number of hydrogen-bond acceptors (Lipinski definition) is 6. The average molecular weight is 220 g/mol. The first-order valence-electron chi connectivity index (χ1n) is 4.02. The van der Waals surface area contributed by atoms with E-state index in [1.165, 1.54) is 13.8 Å². The summed E-state index contributed by atoms with van der Waals surface area (Å²) in [4.78, 5) is 21.6.